The van der Waals surface area contributed by atoms with E-state index in [1.54, 1.807) is 16.7 Å². The average Bonchev–Trinajstić information content (AvgIpc) is 3.34. The molecule has 3 heterocycles. The van der Waals surface area contributed by atoms with Gasteiger partial charge in [0.2, 0.25) is 0 Å². The summed E-state index contributed by atoms with van der Waals surface area (Å²) in [5.41, 5.74) is 2.52. The van der Waals surface area contributed by atoms with Gasteiger partial charge in [-0.05, 0) is 35.9 Å². The SMILES string of the molecule is C[Si](C)(C)CCOCn1c(=O)n(COCC[Si](C)(C)C)c2nc3ccc(-c4cnn(C(F)F)c4Cl)cc3cc21. The molecule has 8 nitrogen and oxygen atoms in total. The molecule has 1 aromatic carbocycles. The van der Waals surface area contributed by atoms with Gasteiger partial charge in [-0.2, -0.15) is 18.6 Å². The number of pyridine rings is 1. The van der Waals surface area contributed by atoms with Gasteiger partial charge in [-0.25, -0.2) is 9.78 Å². The van der Waals surface area contributed by atoms with Crippen LogP contribution >= 0.6 is 11.6 Å². The topological polar surface area (TPSA) is 76.1 Å². The van der Waals surface area contributed by atoms with Gasteiger partial charge < -0.3 is 9.47 Å². The number of fused-ring (bicyclic) bond motifs is 2. The monoisotopic (exact) mass is 595 g/mol. The first-order valence-electron chi connectivity index (χ1n) is 13.0. The zero-order chi connectivity index (χ0) is 28.5. The second-order valence-electron chi connectivity index (χ2n) is 12.1. The molecule has 212 valence electrons. The lowest BCUT2D eigenvalue weighted by atomic mass is 10.1. The van der Waals surface area contributed by atoms with E-state index in [0.29, 0.717) is 45.7 Å². The van der Waals surface area contributed by atoms with E-state index >= 15 is 0 Å². The third-order valence-corrected chi connectivity index (χ3v) is 10.2. The zero-order valence-corrected chi connectivity index (χ0v) is 26.1. The van der Waals surface area contributed by atoms with E-state index in [4.69, 9.17) is 26.1 Å². The lowest BCUT2D eigenvalue weighted by Gasteiger charge is -2.15. The van der Waals surface area contributed by atoms with Gasteiger partial charge in [0.1, 0.15) is 18.6 Å². The van der Waals surface area contributed by atoms with Gasteiger partial charge in [0.05, 0.1) is 17.2 Å². The summed E-state index contributed by atoms with van der Waals surface area (Å²) in [6.45, 7) is 12.2. The smallest absolute Gasteiger partial charge is 0.334 e. The van der Waals surface area contributed by atoms with Crippen LogP contribution in [-0.2, 0) is 22.9 Å². The second-order valence-corrected chi connectivity index (χ2v) is 23.7. The number of aromatic nitrogens is 5. The van der Waals surface area contributed by atoms with Gasteiger partial charge in [0.15, 0.2) is 5.65 Å². The molecule has 0 aliphatic carbocycles. The molecule has 0 radical (unpaired) electrons. The average molecular weight is 596 g/mol. The summed E-state index contributed by atoms with van der Waals surface area (Å²) >= 11 is 6.17. The van der Waals surface area contributed by atoms with E-state index in [2.05, 4.69) is 44.4 Å². The minimum Gasteiger partial charge on any atom is -0.361 e. The van der Waals surface area contributed by atoms with E-state index in [1.165, 1.54) is 10.8 Å². The molecule has 0 bridgehead atoms. The number of ether oxygens (including phenoxy) is 2. The summed E-state index contributed by atoms with van der Waals surface area (Å²) in [6.07, 6.45) is 1.32. The quantitative estimate of drug-likeness (QED) is 0.132. The van der Waals surface area contributed by atoms with Crippen molar-refractivity contribution in [3.63, 3.8) is 0 Å². The summed E-state index contributed by atoms with van der Waals surface area (Å²) in [7, 11) is -2.57. The minimum absolute atomic E-state index is 0.0979. The molecule has 4 aromatic rings. The molecular formula is C26H36ClF2N5O3Si2. The lowest BCUT2D eigenvalue weighted by Crippen LogP contribution is -2.28. The summed E-state index contributed by atoms with van der Waals surface area (Å²) < 4.78 is 41.8. The third kappa shape index (κ3) is 7.04. The fourth-order valence-electron chi connectivity index (χ4n) is 4.05. The van der Waals surface area contributed by atoms with E-state index < -0.39 is 22.7 Å². The summed E-state index contributed by atoms with van der Waals surface area (Å²) in [6, 6.07) is 9.19. The molecule has 0 aliphatic heterocycles. The Balaban J connectivity index is 1.72. The molecule has 0 N–H and O–H groups in total. The molecule has 0 spiro atoms. The molecule has 13 heteroatoms. The van der Waals surface area contributed by atoms with Crippen LogP contribution in [0.3, 0.4) is 0 Å². The fraction of sp³-hybridized carbons (Fsp3) is 0.500. The highest BCUT2D eigenvalue weighted by Crippen LogP contribution is 2.32. The Hall–Kier alpha value is -2.39. The van der Waals surface area contributed by atoms with E-state index in [9.17, 15) is 13.6 Å². The molecular weight excluding hydrogens is 560 g/mol. The molecule has 3 aromatic heterocycles. The van der Waals surface area contributed by atoms with Crippen molar-refractivity contribution in [2.75, 3.05) is 13.2 Å². The van der Waals surface area contributed by atoms with Crippen LogP contribution in [-0.4, -0.2) is 53.3 Å². The Labute approximate surface area is 233 Å². The molecule has 0 aliphatic rings. The van der Waals surface area contributed by atoms with Crippen molar-refractivity contribution in [1.29, 1.82) is 0 Å². The molecule has 4 rings (SSSR count). The number of halogens is 3. The number of rotatable bonds is 12. The van der Waals surface area contributed by atoms with Crippen LogP contribution in [0.4, 0.5) is 8.78 Å². The van der Waals surface area contributed by atoms with Crippen LogP contribution in [0.5, 0.6) is 0 Å². The maximum absolute atomic E-state index is 13.5. The highest BCUT2D eigenvalue weighted by molar-refractivity contribution is 6.76. The predicted octanol–water partition coefficient (Wildman–Crippen LogP) is 6.89. The molecule has 39 heavy (non-hydrogen) atoms. The number of hydrogen-bond donors (Lipinski definition) is 0. The minimum atomic E-state index is -2.84. The van der Waals surface area contributed by atoms with Crippen LogP contribution in [0.1, 0.15) is 6.55 Å². The van der Waals surface area contributed by atoms with Gasteiger partial charge in [0.25, 0.3) is 0 Å². The highest BCUT2D eigenvalue weighted by Gasteiger charge is 2.20. The van der Waals surface area contributed by atoms with Crippen molar-refractivity contribution in [1.82, 2.24) is 23.9 Å². The molecule has 0 fully saturated rings. The largest absolute Gasteiger partial charge is 0.361 e. The number of hydrogen-bond acceptors (Lipinski definition) is 5. The van der Waals surface area contributed by atoms with Crippen molar-refractivity contribution in [3.8, 4) is 11.1 Å². The first-order valence-corrected chi connectivity index (χ1v) is 20.8. The number of nitrogens with zero attached hydrogens (tertiary/aromatic N) is 5. The van der Waals surface area contributed by atoms with E-state index in [1.807, 2.05) is 12.1 Å². The lowest BCUT2D eigenvalue weighted by molar-refractivity contribution is 0.0570. The number of imidazole rings is 1. The Kier molecular flexibility index (Phi) is 8.81. The number of benzene rings is 1. The standard InChI is InChI=1S/C26H36ClF2N5O3Si2/c1-38(2,3)11-9-36-16-32-22-14-19-13-18(20-15-30-34(23(20)27)25(28)29)7-8-21(19)31-24(22)33(26(32)35)17-37-10-12-39(4,5)6/h7-8,13-15,25H,9-12,16-17H2,1-6H3. The summed E-state index contributed by atoms with van der Waals surface area (Å²) in [4.78, 5) is 18.3. The van der Waals surface area contributed by atoms with Crippen molar-refractivity contribution in [2.45, 2.75) is 71.4 Å². The van der Waals surface area contributed by atoms with Gasteiger partial charge >= 0.3 is 12.2 Å². The van der Waals surface area contributed by atoms with Crippen molar-refractivity contribution >= 4 is 49.8 Å². The number of alkyl halides is 2. The van der Waals surface area contributed by atoms with Crippen LogP contribution in [0, 0.1) is 0 Å². The van der Waals surface area contributed by atoms with Crippen LogP contribution in [0.25, 0.3) is 33.2 Å². The fourth-order valence-corrected chi connectivity index (χ4v) is 5.83. The van der Waals surface area contributed by atoms with Crippen LogP contribution < -0.4 is 5.69 Å². The first-order chi connectivity index (χ1) is 18.2. The Morgan fingerprint density at radius 2 is 1.56 bits per heavy atom. The maximum Gasteiger partial charge on any atom is 0.334 e. The van der Waals surface area contributed by atoms with Gasteiger partial charge in [0, 0.05) is 40.3 Å². The first kappa shape index (κ1) is 29.6. The Morgan fingerprint density at radius 1 is 0.949 bits per heavy atom. The second kappa shape index (κ2) is 11.6. The van der Waals surface area contributed by atoms with Gasteiger partial charge in [-0.3, -0.25) is 9.13 Å². The van der Waals surface area contributed by atoms with Crippen LogP contribution in [0.15, 0.2) is 35.3 Å². The van der Waals surface area contributed by atoms with Crippen molar-refractivity contribution < 1.29 is 18.3 Å². The van der Waals surface area contributed by atoms with Crippen molar-refractivity contribution in [3.05, 3.63) is 46.1 Å². The maximum atomic E-state index is 13.5. The molecule has 0 unspecified atom stereocenters. The van der Waals surface area contributed by atoms with Crippen LogP contribution in [0.2, 0.25) is 56.5 Å². The normalized spacial score (nSPS) is 12.9. The molecule has 0 saturated heterocycles. The van der Waals surface area contributed by atoms with Gasteiger partial charge in [-0.1, -0.05) is 56.9 Å². The zero-order valence-electron chi connectivity index (χ0n) is 23.3. The van der Waals surface area contributed by atoms with E-state index in [-0.39, 0.29) is 24.3 Å². The predicted molar refractivity (Wildman–Crippen MR) is 157 cm³/mol. The summed E-state index contributed by atoms with van der Waals surface area (Å²) in [5.74, 6) is 0. The summed E-state index contributed by atoms with van der Waals surface area (Å²) in [5, 5.41) is 4.29. The van der Waals surface area contributed by atoms with E-state index in [0.717, 1.165) is 17.5 Å². The van der Waals surface area contributed by atoms with Crippen molar-refractivity contribution in [2.24, 2.45) is 0 Å². The molecule has 0 saturated carbocycles. The molecule has 0 amide bonds. The molecule has 0 atom stereocenters. The van der Waals surface area contributed by atoms with Gasteiger partial charge in [-0.15, -0.1) is 0 Å². The Bertz CT molecular complexity index is 1520. The third-order valence-electron chi connectivity index (χ3n) is 6.45. The Morgan fingerprint density at radius 3 is 2.13 bits per heavy atom. The highest BCUT2D eigenvalue weighted by atomic mass is 35.5.